The van der Waals surface area contributed by atoms with Crippen LogP contribution in [0, 0.1) is 19.8 Å². The Morgan fingerprint density at radius 1 is 1.17 bits per heavy atom. The minimum Gasteiger partial charge on any atom is -0.340 e. The summed E-state index contributed by atoms with van der Waals surface area (Å²) < 4.78 is 27.3. The second kappa shape index (κ2) is 6.82. The molecule has 7 heteroatoms. The Bertz CT molecular complexity index is 719. The molecule has 1 aromatic rings. The average Bonchev–Trinajstić information content (AvgIpc) is 3.11. The van der Waals surface area contributed by atoms with Gasteiger partial charge in [-0.1, -0.05) is 12.1 Å². The van der Waals surface area contributed by atoms with Crippen LogP contribution in [-0.2, 0) is 14.8 Å². The van der Waals surface area contributed by atoms with E-state index in [1.807, 2.05) is 30.9 Å². The predicted octanol–water partition coefficient (Wildman–Crippen LogP) is 0.746. The molecule has 1 aromatic carbocycles. The van der Waals surface area contributed by atoms with Crippen LogP contribution in [0.2, 0.25) is 0 Å². The van der Waals surface area contributed by atoms with Crippen LogP contribution in [0.3, 0.4) is 0 Å². The first-order valence-electron chi connectivity index (χ1n) is 8.46. The minimum atomic E-state index is -3.50. The number of hydrogen-bond acceptors (Lipinski definition) is 4. The second-order valence-corrected chi connectivity index (χ2v) is 8.59. The number of sulfonamides is 1. The van der Waals surface area contributed by atoms with Crippen molar-refractivity contribution in [1.29, 1.82) is 0 Å². The molecule has 2 fully saturated rings. The van der Waals surface area contributed by atoms with Crippen molar-refractivity contribution >= 4 is 15.9 Å². The van der Waals surface area contributed by atoms with E-state index < -0.39 is 10.0 Å². The second-order valence-electron chi connectivity index (χ2n) is 6.69. The lowest BCUT2D eigenvalue weighted by Crippen LogP contribution is -2.52. The first kappa shape index (κ1) is 17.4. The molecule has 2 aliphatic rings. The van der Waals surface area contributed by atoms with Gasteiger partial charge in [-0.15, -0.1) is 0 Å². The van der Waals surface area contributed by atoms with E-state index in [1.165, 1.54) is 4.31 Å². The molecule has 1 unspecified atom stereocenters. The topological polar surface area (TPSA) is 69.7 Å². The fourth-order valence-electron chi connectivity index (χ4n) is 3.40. The predicted molar refractivity (Wildman–Crippen MR) is 92.2 cm³/mol. The van der Waals surface area contributed by atoms with E-state index in [0.29, 0.717) is 31.1 Å². The van der Waals surface area contributed by atoms with Crippen molar-refractivity contribution in [1.82, 2.24) is 14.5 Å². The SMILES string of the molecule is Cc1ccc(C)c(S(=O)(=O)N2CCN(C(=O)C3CCNC3)CC2)c1. The van der Waals surface area contributed by atoms with Crippen molar-refractivity contribution in [2.45, 2.75) is 25.2 Å². The van der Waals surface area contributed by atoms with Crippen LogP contribution in [0.15, 0.2) is 23.1 Å². The standard InChI is InChI=1S/C17H25N3O3S/c1-13-3-4-14(2)16(11-13)24(22,23)20-9-7-19(8-10-20)17(21)15-5-6-18-12-15/h3-4,11,15,18H,5-10,12H2,1-2H3. The summed E-state index contributed by atoms with van der Waals surface area (Å²) in [6.45, 7) is 7.00. The summed E-state index contributed by atoms with van der Waals surface area (Å²) in [5.74, 6) is 0.205. The van der Waals surface area contributed by atoms with Gasteiger partial charge < -0.3 is 10.2 Å². The number of amides is 1. The van der Waals surface area contributed by atoms with Gasteiger partial charge in [0.15, 0.2) is 0 Å². The smallest absolute Gasteiger partial charge is 0.243 e. The van der Waals surface area contributed by atoms with E-state index in [1.54, 1.807) is 6.07 Å². The van der Waals surface area contributed by atoms with Crippen molar-refractivity contribution < 1.29 is 13.2 Å². The minimum absolute atomic E-state index is 0.0483. The fraction of sp³-hybridized carbons (Fsp3) is 0.588. The number of aryl methyl sites for hydroxylation is 2. The van der Waals surface area contributed by atoms with Gasteiger partial charge in [-0.05, 0) is 44.0 Å². The lowest BCUT2D eigenvalue weighted by atomic mass is 10.1. The van der Waals surface area contributed by atoms with E-state index in [9.17, 15) is 13.2 Å². The Labute approximate surface area is 143 Å². The van der Waals surface area contributed by atoms with E-state index in [0.717, 1.165) is 30.6 Å². The summed E-state index contributed by atoms with van der Waals surface area (Å²) >= 11 is 0. The number of rotatable bonds is 3. The van der Waals surface area contributed by atoms with Gasteiger partial charge in [0, 0.05) is 32.7 Å². The maximum absolute atomic E-state index is 12.9. The average molecular weight is 351 g/mol. The lowest BCUT2D eigenvalue weighted by Gasteiger charge is -2.35. The molecule has 0 aromatic heterocycles. The zero-order chi connectivity index (χ0) is 17.3. The summed E-state index contributed by atoms with van der Waals surface area (Å²) in [4.78, 5) is 14.6. The molecular weight excluding hydrogens is 326 g/mol. The molecule has 0 spiro atoms. The van der Waals surface area contributed by atoms with E-state index in [4.69, 9.17) is 0 Å². The van der Waals surface area contributed by atoms with Gasteiger partial charge in [0.1, 0.15) is 0 Å². The number of carbonyl (C=O) groups excluding carboxylic acids is 1. The third-order valence-corrected chi connectivity index (χ3v) is 6.96. The summed E-state index contributed by atoms with van der Waals surface area (Å²) in [5.41, 5.74) is 1.69. The summed E-state index contributed by atoms with van der Waals surface area (Å²) in [5, 5.41) is 3.20. The third-order valence-electron chi connectivity index (χ3n) is 4.92. The molecule has 2 aliphatic heterocycles. The van der Waals surface area contributed by atoms with Gasteiger partial charge in [-0.3, -0.25) is 4.79 Å². The summed E-state index contributed by atoms with van der Waals surface area (Å²) in [6, 6.07) is 5.49. The van der Waals surface area contributed by atoms with Gasteiger partial charge in [0.25, 0.3) is 0 Å². The van der Waals surface area contributed by atoms with Gasteiger partial charge in [-0.25, -0.2) is 8.42 Å². The zero-order valence-electron chi connectivity index (χ0n) is 14.3. The molecule has 3 rings (SSSR count). The van der Waals surface area contributed by atoms with E-state index in [2.05, 4.69) is 5.32 Å². The summed E-state index contributed by atoms with van der Waals surface area (Å²) in [7, 11) is -3.50. The Morgan fingerprint density at radius 2 is 1.88 bits per heavy atom. The first-order chi connectivity index (χ1) is 11.4. The molecule has 1 atom stereocenters. The highest BCUT2D eigenvalue weighted by Crippen LogP contribution is 2.23. The van der Waals surface area contributed by atoms with Crippen LogP contribution in [0.25, 0.3) is 0 Å². The highest BCUT2D eigenvalue weighted by atomic mass is 32.2. The Kier molecular flexibility index (Phi) is 4.94. The van der Waals surface area contributed by atoms with Crippen LogP contribution in [0.4, 0.5) is 0 Å². The van der Waals surface area contributed by atoms with Crippen molar-refractivity contribution in [3.63, 3.8) is 0 Å². The highest BCUT2D eigenvalue weighted by molar-refractivity contribution is 7.89. The van der Waals surface area contributed by atoms with E-state index >= 15 is 0 Å². The molecule has 2 heterocycles. The molecule has 24 heavy (non-hydrogen) atoms. The van der Waals surface area contributed by atoms with E-state index in [-0.39, 0.29) is 11.8 Å². The number of nitrogens with zero attached hydrogens (tertiary/aromatic N) is 2. The Morgan fingerprint density at radius 3 is 2.50 bits per heavy atom. The number of hydrogen-bond donors (Lipinski definition) is 1. The Balaban J connectivity index is 1.69. The maximum Gasteiger partial charge on any atom is 0.243 e. The van der Waals surface area contributed by atoms with Gasteiger partial charge in [-0.2, -0.15) is 4.31 Å². The zero-order valence-corrected chi connectivity index (χ0v) is 15.1. The van der Waals surface area contributed by atoms with Crippen LogP contribution in [0.1, 0.15) is 17.5 Å². The van der Waals surface area contributed by atoms with Crippen molar-refractivity contribution in [3.8, 4) is 0 Å². The molecule has 0 bridgehead atoms. The van der Waals surface area contributed by atoms with Gasteiger partial charge in [0.2, 0.25) is 15.9 Å². The van der Waals surface area contributed by atoms with Crippen molar-refractivity contribution in [3.05, 3.63) is 29.3 Å². The van der Waals surface area contributed by atoms with Crippen LogP contribution in [0.5, 0.6) is 0 Å². The highest BCUT2D eigenvalue weighted by Gasteiger charge is 2.33. The Hall–Kier alpha value is -1.44. The molecule has 0 aliphatic carbocycles. The molecule has 1 amide bonds. The van der Waals surface area contributed by atoms with Crippen LogP contribution in [-0.4, -0.2) is 62.8 Å². The molecule has 2 saturated heterocycles. The molecule has 0 saturated carbocycles. The third kappa shape index (κ3) is 3.34. The largest absolute Gasteiger partial charge is 0.340 e. The molecular formula is C17H25N3O3S. The van der Waals surface area contributed by atoms with Crippen LogP contribution < -0.4 is 5.32 Å². The normalized spacial score (nSPS) is 22.8. The van der Waals surface area contributed by atoms with Crippen molar-refractivity contribution in [2.24, 2.45) is 5.92 Å². The van der Waals surface area contributed by atoms with Gasteiger partial charge in [0.05, 0.1) is 10.8 Å². The first-order valence-corrected chi connectivity index (χ1v) is 9.90. The lowest BCUT2D eigenvalue weighted by molar-refractivity contribution is -0.136. The van der Waals surface area contributed by atoms with Crippen molar-refractivity contribution in [2.75, 3.05) is 39.3 Å². The molecule has 1 N–H and O–H groups in total. The fourth-order valence-corrected chi connectivity index (χ4v) is 5.13. The quantitative estimate of drug-likeness (QED) is 0.872. The number of benzene rings is 1. The number of piperazine rings is 1. The molecule has 6 nitrogen and oxygen atoms in total. The maximum atomic E-state index is 12.9. The molecule has 0 radical (unpaired) electrons. The number of carbonyl (C=O) groups is 1. The number of nitrogens with one attached hydrogen (secondary N) is 1. The van der Waals surface area contributed by atoms with Gasteiger partial charge >= 0.3 is 0 Å². The monoisotopic (exact) mass is 351 g/mol. The summed E-state index contributed by atoms with van der Waals surface area (Å²) in [6.07, 6.45) is 0.875. The van der Waals surface area contributed by atoms with Crippen LogP contribution >= 0.6 is 0 Å². The molecule has 132 valence electrons.